The molecule has 2 atom stereocenters. The van der Waals surface area contributed by atoms with Gasteiger partial charge in [0.05, 0.1) is 6.10 Å². The van der Waals surface area contributed by atoms with Gasteiger partial charge in [-0.15, -0.1) is 0 Å². The zero-order chi connectivity index (χ0) is 8.36. The lowest BCUT2D eigenvalue weighted by atomic mass is 10.1. The van der Waals surface area contributed by atoms with Crippen LogP contribution >= 0.6 is 0 Å². The Morgan fingerprint density at radius 3 is 2.00 bits per heavy atom. The van der Waals surface area contributed by atoms with Crippen molar-refractivity contribution in [1.29, 1.82) is 0 Å². The van der Waals surface area contributed by atoms with Crippen molar-refractivity contribution in [3.05, 3.63) is 0 Å². The fraction of sp³-hybridized carbons (Fsp3) is 1.00. The Balaban J connectivity index is 3.73. The molecule has 0 saturated heterocycles. The van der Waals surface area contributed by atoms with Gasteiger partial charge in [-0.3, -0.25) is 0 Å². The van der Waals surface area contributed by atoms with E-state index in [-0.39, 0.29) is 0 Å². The summed E-state index contributed by atoms with van der Waals surface area (Å²) in [6.45, 7) is 1.27. The molecule has 0 heterocycles. The monoisotopic (exact) mass is 157 g/mol. The van der Waals surface area contributed by atoms with Crippen molar-refractivity contribution in [3.63, 3.8) is 0 Å². The van der Waals surface area contributed by atoms with Crippen LogP contribution < -0.4 is 5.73 Å². The lowest BCUT2D eigenvalue weighted by Gasteiger charge is -2.16. The molecule has 0 aliphatic rings. The predicted octanol–water partition coefficient (Wildman–Crippen LogP) is 0.647. The number of alkyl halides is 3. The van der Waals surface area contributed by atoms with Gasteiger partial charge in [-0.1, -0.05) is 0 Å². The SMILES string of the molecule is CC(O)CC(N)C(F)(F)F. The number of nitrogens with two attached hydrogens (primary N) is 1. The van der Waals surface area contributed by atoms with Crippen molar-refractivity contribution in [2.75, 3.05) is 0 Å². The highest BCUT2D eigenvalue weighted by Gasteiger charge is 2.36. The van der Waals surface area contributed by atoms with Gasteiger partial charge >= 0.3 is 6.18 Å². The lowest BCUT2D eigenvalue weighted by molar-refractivity contribution is -0.153. The second-order valence-electron chi connectivity index (χ2n) is 2.23. The van der Waals surface area contributed by atoms with Crippen molar-refractivity contribution in [3.8, 4) is 0 Å². The molecule has 0 aliphatic heterocycles. The van der Waals surface area contributed by atoms with Crippen LogP contribution in [0.5, 0.6) is 0 Å². The zero-order valence-corrected chi connectivity index (χ0v) is 5.52. The molecule has 0 aliphatic carbocycles. The maximum absolute atomic E-state index is 11.6. The Morgan fingerprint density at radius 1 is 1.50 bits per heavy atom. The Morgan fingerprint density at radius 2 is 1.90 bits per heavy atom. The van der Waals surface area contributed by atoms with Crippen molar-refractivity contribution in [1.82, 2.24) is 0 Å². The summed E-state index contributed by atoms with van der Waals surface area (Å²) < 4.78 is 34.7. The van der Waals surface area contributed by atoms with Gasteiger partial charge in [0, 0.05) is 0 Å². The highest BCUT2D eigenvalue weighted by Crippen LogP contribution is 2.21. The van der Waals surface area contributed by atoms with Gasteiger partial charge in [-0.05, 0) is 13.3 Å². The molecule has 62 valence electrons. The molecular formula is C5H10F3NO. The summed E-state index contributed by atoms with van der Waals surface area (Å²) in [6.07, 6.45) is -5.84. The molecule has 0 aromatic rings. The molecule has 10 heavy (non-hydrogen) atoms. The van der Waals surface area contributed by atoms with E-state index >= 15 is 0 Å². The first-order valence-electron chi connectivity index (χ1n) is 2.84. The van der Waals surface area contributed by atoms with Crippen molar-refractivity contribution in [2.45, 2.75) is 31.7 Å². The van der Waals surface area contributed by atoms with Gasteiger partial charge in [-0.25, -0.2) is 0 Å². The summed E-state index contributed by atoms with van der Waals surface area (Å²) >= 11 is 0. The Hall–Kier alpha value is -0.290. The third kappa shape index (κ3) is 3.68. The quantitative estimate of drug-likeness (QED) is 0.618. The van der Waals surface area contributed by atoms with Crippen LogP contribution in [-0.2, 0) is 0 Å². The standard InChI is InChI=1S/C5H10F3NO/c1-3(10)2-4(9)5(6,7)8/h3-4,10H,2,9H2,1H3. The maximum Gasteiger partial charge on any atom is 0.403 e. The highest BCUT2D eigenvalue weighted by atomic mass is 19.4. The summed E-state index contributed by atoms with van der Waals surface area (Å²) in [6, 6.07) is -1.91. The molecule has 0 fully saturated rings. The van der Waals surface area contributed by atoms with Crippen LogP contribution in [0.15, 0.2) is 0 Å². The summed E-state index contributed by atoms with van der Waals surface area (Å²) in [7, 11) is 0. The Labute approximate surface area is 56.8 Å². The number of hydrogen-bond acceptors (Lipinski definition) is 2. The van der Waals surface area contributed by atoms with E-state index in [0.29, 0.717) is 0 Å². The van der Waals surface area contributed by atoms with Gasteiger partial charge in [0.1, 0.15) is 6.04 Å². The lowest BCUT2D eigenvalue weighted by Crippen LogP contribution is -2.39. The molecule has 0 amide bonds. The number of halogens is 3. The molecule has 0 aromatic heterocycles. The van der Waals surface area contributed by atoms with Gasteiger partial charge in [0.15, 0.2) is 0 Å². The van der Waals surface area contributed by atoms with Crippen molar-refractivity contribution in [2.24, 2.45) is 5.73 Å². The third-order valence-corrected chi connectivity index (χ3v) is 1.02. The van der Waals surface area contributed by atoms with E-state index < -0.39 is 24.7 Å². The van der Waals surface area contributed by atoms with Gasteiger partial charge < -0.3 is 10.8 Å². The first kappa shape index (κ1) is 9.71. The third-order valence-electron chi connectivity index (χ3n) is 1.02. The van der Waals surface area contributed by atoms with E-state index in [1.54, 1.807) is 0 Å². The summed E-state index contributed by atoms with van der Waals surface area (Å²) in [5, 5.41) is 8.51. The van der Waals surface area contributed by atoms with Crippen LogP contribution in [-0.4, -0.2) is 23.4 Å². The molecule has 0 saturated carbocycles. The zero-order valence-electron chi connectivity index (χ0n) is 5.52. The molecule has 0 radical (unpaired) electrons. The van der Waals surface area contributed by atoms with E-state index in [4.69, 9.17) is 5.11 Å². The van der Waals surface area contributed by atoms with Gasteiger partial charge in [0.2, 0.25) is 0 Å². The van der Waals surface area contributed by atoms with Crippen LogP contribution in [0, 0.1) is 0 Å². The highest BCUT2D eigenvalue weighted by molar-refractivity contribution is 4.72. The molecule has 3 N–H and O–H groups in total. The van der Waals surface area contributed by atoms with Crippen LogP contribution in [0.3, 0.4) is 0 Å². The van der Waals surface area contributed by atoms with Crippen molar-refractivity contribution < 1.29 is 18.3 Å². The van der Waals surface area contributed by atoms with Crippen LogP contribution in [0.25, 0.3) is 0 Å². The molecule has 0 bridgehead atoms. The molecule has 0 rings (SSSR count). The minimum atomic E-state index is -4.39. The first-order valence-corrected chi connectivity index (χ1v) is 2.84. The summed E-state index contributed by atoms with van der Waals surface area (Å²) in [4.78, 5) is 0. The fourth-order valence-electron chi connectivity index (χ4n) is 0.501. The normalized spacial score (nSPS) is 18.6. The number of rotatable bonds is 2. The van der Waals surface area contributed by atoms with Crippen LogP contribution in [0.1, 0.15) is 13.3 Å². The van der Waals surface area contributed by atoms with Crippen LogP contribution in [0.4, 0.5) is 13.2 Å². The minimum absolute atomic E-state index is 0.441. The number of aliphatic hydroxyl groups excluding tert-OH is 1. The van der Waals surface area contributed by atoms with Gasteiger partial charge in [-0.2, -0.15) is 13.2 Å². The second-order valence-corrected chi connectivity index (χ2v) is 2.23. The Bertz CT molecular complexity index is 102. The molecule has 2 unspecified atom stereocenters. The molecule has 2 nitrogen and oxygen atoms in total. The summed E-state index contributed by atoms with van der Waals surface area (Å²) in [5.74, 6) is 0. The van der Waals surface area contributed by atoms with Crippen LogP contribution in [0.2, 0.25) is 0 Å². The average molecular weight is 157 g/mol. The maximum atomic E-state index is 11.6. The first-order chi connectivity index (χ1) is 4.34. The molecule has 5 heteroatoms. The number of hydrogen-bond donors (Lipinski definition) is 2. The molecule has 0 aromatic carbocycles. The summed E-state index contributed by atoms with van der Waals surface area (Å²) in [5.41, 5.74) is 4.67. The predicted molar refractivity (Wildman–Crippen MR) is 30.3 cm³/mol. The van der Waals surface area contributed by atoms with E-state index in [9.17, 15) is 13.2 Å². The largest absolute Gasteiger partial charge is 0.403 e. The molecule has 0 spiro atoms. The topological polar surface area (TPSA) is 46.2 Å². The smallest absolute Gasteiger partial charge is 0.393 e. The molecular weight excluding hydrogens is 147 g/mol. The second kappa shape index (κ2) is 3.21. The van der Waals surface area contributed by atoms with E-state index in [1.165, 1.54) is 6.92 Å². The fourth-order valence-corrected chi connectivity index (χ4v) is 0.501. The van der Waals surface area contributed by atoms with E-state index in [2.05, 4.69) is 5.73 Å². The number of aliphatic hydroxyl groups is 1. The Kier molecular flexibility index (Phi) is 3.11. The minimum Gasteiger partial charge on any atom is -0.393 e. The van der Waals surface area contributed by atoms with Gasteiger partial charge in [0.25, 0.3) is 0 Å². The van der Waals surface area contributed by atoms with Crippen molar-refractivity contribution >= 4 is 0 Å². The van der Waals surface area contributed by atoms with E-state index in [1.807, 2.05) is 0 Å². The average Bonchev–Trinajstić information content (AvgIpc) is 1.60. The van der Waals surface area contributed by atoms with E-state index in [0.717, 1.165) is 0 Å².